The van der Waals surface area contributed by atoms with E-state index in [1.807, 2.05) is 32.0 Å². The number of carbonyl (C=O) groups is 2. The molecule has 144 valence electrons. The van der Waals surface area contributed by atoms with Crippen molar-refractivity contribution < 1.29 is 14.3 Å². The summed E-state index contributed by atoms with van der Waals surface area (Å²) in [6.07, 6.45) is 4.06. The van der Waals surface area contributed by atoms with Crippen LogP contribution in [0.5, 0.6) is 0 Å². The highest BCUT2D eigenvalue weighted by atomic mass is 16.6. The number of benzene rings is 1. The Labute approximate surface area is 158 Å². The number of hydrogen-bond acceptors (Lipinski definition) is 6. The zero-order chi connectivity index (χ0) is 20.0. The van der Waals surface area contributed by atoms with Crippen LogP contribution in [0.4, 0.5) is 4.79 Å². The third-order valence-corrected chi connectivity index (χ3v) is 3.53. The van der Waals surface area contributed by atoms with Crippen LogP contribution >= 0.6 is 0 Å². The molecule has 1 aromatic carbocycles. The van der Waals surface area contributed by atoms with Crippen molar-refractivity contribution in [1.82, 2.24) is 20.7 Å². The minimum Gasteiger partial charge on any atom is -0.444 e. The van der Waals surface area contributed by atoms with Crippen LogP contribution in [0.15, 0.2) is 35.7 Å². The number of carbonyl (C=O) groups excluding carboxylic acids is 2. The van der Waals surface area contributed by atoms with Gasteiger partial charge < -0.3 is 10.1 Å². The summed E-state index contributed by atoms with van der Waals surface area (Å²) in [6.45, 7) is 8.93. The maximum atomic E-state index is 12.4. The molecule has 27 heavy (non-hydrogen) atoms. The Bertz CT molecular complexity index is 837. The van der Waals surface area contributed by atoms with Gasteiger partial charge in [-0.05, 0) is 32.8 Å². The molecule has 1 heterocycles. The highest BCUT2D eigenvalue weighted by Gasteiger charge is 2.26. The van der Waals surface area contributed by atoms with E-state index in [9.17, 15) is 9.59 Å². The molecule has 0 aliphatic carbocycles. The molecule has 2 N–H and O–H groups in total. The summed E-state index contributed by atoms with van der Waals surface area (Å²) in [5.74, 6) is -0.574. The normalized spacial score (nSPS) is 13.0. The summed E-state index contributed by atoms with van der Waals surface area (Å²) >= 11 is 0. The lowest BCUT2D eigenvalue weighted by molar-refractivity contribution is -0.124. The second-order valence-corrected chi connectivity index (χ2v) is 7.37. The molecule has 0 saturated carbocycles. The molecule has 8 nitrogen and oxygen atoms in total. The zero-order valence-electron chi connectivity index (χ0n) is 16.2. The van der Waals surface area contributed by atoms with E-state index in [1.165, 1.54) is 6.21 Å². The Hall–Kier alpha value is -3.03. The number of alkyl carbamates (subject to hydrolysis) is 1. The first kappa shape index (κ1) is 20.3. The van der Waals surface area contributed by atoms with Gasteiger partial charge in [0.25, 0.3) is 5.91 Å². The van der Waals surface area contributed by atoms with Gasteiger partial charge in [-0.25, -0.2) is 10.2 Å². The van der Waals surface area contributed by atoms with Crippen LogP contribution in [0.1, 0.15) is 40.2 Å². The summed E-state index contributed by atoms with van der Waals surface area (Å²) in [6, 6.07) is 4.73. The van der Waals surface area contributed by atoms with Crippen molar-refractivity contribution in [2.24, 2.45) is 11.0 Å². The van der Waals surface area contributed by atoms with E-state index in [-0.39, 0.29) is 5.92 Å². The number of aromatic nitrogens is 2. The minimum absolute atomic E-state index is 0.142. The Kier molecular flexibility index (Phi) is 6.44. The van der Waals surface area contributed by atoms with Gasteiger partial charge in [-0.15, -0.1) is 0 Å². The van der Waals surface area contributed by atoms with Gasteiger partial charge in [0.05, 0.1) is 17.2 Å². The zero-order valence-corrected chi connectivity index (χ0v) is 16.2. The molecular formula is C19H25N5O3. The van der Waals surface area contributed by atoms with Gasteiger partial charge in [0.2, 0.25) is 0 Å². The molecule has 2 aromatic rings. The van der Waals surface area contributed by atoms with E-state index in [2.05, 4.69) is 25.8 Å². The second kappa shape index (κ2) is 8.57. The molecule has 2 amide bonds. The van der Waals surface area contributed by atoms with Crippen LogP contribution in [0.3, 0.4) is 0 Å². The molecule has 1 aromatic heterocycles. The highest BCUT2D eigenvalue weighted by molar-refractivity contribution is 5.96. The van der Waals surface area contributed by atoms with Crippen molar-refractivity contribution in [3.8, 4) is 0 Å². The fourth-order valence-electron chi connectivity index (χ4n) is 2.32. The lowest BCUT2D eigenvalue weighted by atomic mass is 10.0. The van der Waals surface area contributed by atoms with E-state index >= 15 is 0 Å². The maximum Gasteiger partial charge on any atom is 0.408 e. The summed E-state index contributed by atoms with van der Waals surface area (Å²) in [5, 5.41) is 6.57. The van der Waals surface area contributed by atoms with Gasteiger partial charge in [-0.3, -0.25) is 14.8 Å². The number of nitrogens with one attached hydrogen (secondary N) is 2. The second-order valence-electron chi connectivity index (χ2n) is 7.37. The summed E-state index contributed by atoms with van der Waals surface area (Å²) < 4.78 is 5.21. The Morgan fingerprint density at radius 2 is 1.89 bits per heavy atom. The fraction of sp³-hybridized carbons (Fsp3) is 0.421. The van der Waals surface area contributed by atoms with Crippen LogP contribution < -0.4 is 10.7 Å². The van der Waals surface area contributed by atoms with E-state index in [0.717, 1.165) is 11.1 Å². The van der Waals surface area contributed by atoms with Crippen LogP contribution in [0.25, 0.3) is 11.0 Å². The van der Waals surface area contributed by atoms with Crippen molar-refractivity contribution >= 4 is 29.2 Å². The number of ether oxygens (including phenoxy) is 1. The molecule has 8 heteroatoms. The number of amides is 2. The quantitative estimate of drug-likeness (QED) is 0.621. The van der Waals surface area contributed by atoms with Gasteiger partial charge in [0, 0.05) is 18.0 Å². The lowest BCUT2D eigenvalue weighted by Crippen LogP contribution is -2.49. The molecule has 0 unspecified atom stereocenters. The predicted molar refractivity (Wildman–Crippen MR) is 103 cm³/mol. The smallest absolute Gasteiger partial charge is 0.408 e. The SMILES string of the molecule is CC(C)[C@H](NC(=O)OC(C)(C)C)C(=O)N/N=C/c1cccc2nccnc12. The first-order valence-electron chi connectivity index (χ1n) is 8.69. The average Bonchev–Trinajstić information content (AvgIpc) is 2.58. The van der Waals surface area contributed by atoms with Crippen molar-refractivity contribution in [1.29, 1.82) is 0 Å². The van der Waals surface area contributed by atoms with Crippen LogP contribution in [0.2, 0.25) is 0 Å². The molecule has 0 fully saturated rings. The van der Waals surface area contributed by atoms with Gasteiger partial charge in [0.15, 0.2) is 0 Å². The van der Waals surface area contributed by atoms with Crippen LogP contribution in [0, 0.1) is 5.92 Å². The van der Waals surface area contributed by atoms with Crippen molar-refractivity contribution in [2.75, 3.05) is 0 Å². The molecule has 1 atom stereocenters. The molecule has 0 aliphatic rings. The molecule has 0 saturated heterocycles. The predicted octanol–water partition coefficient (Wildman–Crippen LogP) is 2.63. The number of hydrogen-bond donors (Lipinski definition) is 2. The molecule has 0 bridgehead atoms. The van der Waals surface area contributed by atoms with E-state index in [4.69, 9.17) is 4.74 Å². The molecular weight excluding hydrogens is 346 g/mol. The van der Waals surface area contributed by atoms with Gasteiger partial charge in [-0.1, -0.05) is 26.0 Å². The number of rotatable bonds is 5. The van der Waals surface area contributed by atoms with Gasteiger partial charge >= 0.3 is 6.09 Å². The third-order valence-electron chi connectivity index (χ3n) is 3.53. The van der Waals surface area contributed by atoms with E-state index in [0.29, 0.717) is 5.52 Å². The number of para-hydroxylation sites is 1. The highest BCUT2D eigenvalue weighted by Crippen LogP contribution is 2.12. The Morgan fingerprint density at radius 3 is 2.56 bits per heavy atom. The first-order valence-corrected chi connectivity index (χ1v) is 8.69. The number of nitrogens with zero attached hydrogens (tertiary/aromatic N) is 3. The van der Waals surface area contributed by atoms with Crippen LogP contribution in [-0.4, -0.2) is 39.8 Å². The minimum atomic E-state index is -0.774. The van der Waals surface area contributed by atoms with Crippen molar-refractivity contribution in [2.45, 2.75) is 46.3 Å². The van der Waals surface area contributed by atoms with E-state index in [1.54, 1.807) is 33.2 Å². The molecule has 0 spiro atoms. The Balaban J connectivity index is 2.05. The third kappa shape index (κ3) is 6.02. The fourth-order valence-corrected chi connectivity index (χ4v) is 2.32. The monoisotopic (exact) mass is 371 g/mol. The van der Waals surface area contributed by atoms with Crippen molar-refractivity contribution in [3.05, 3.63) is 36.2 Å². The van der Waals surface area contributed by atoms with Crippen LogP contribution in [-0.2, 0) is 9.53 Å². The Morgan fingerprint density at radius 1 is 1.19 bits per heavy atom. The summed E-state index contributed by atoms with van der Waals surface area (Å²) in [4.78, 5) is 32.9. The van der Waals surface area contributed by atoms with E-state index < -0.39 is 23.6 Å². The lowest BCUT2D eigenvalue weighted by Gasteiger charge is -2.24. The standard InChI is InChI=1S/C19H25N5O3/c1-12(2)15(23-18(26)27-19(3,4)5)17(25)24-22-11-13-7-6-8-14-16(13)21-10-9-20-14/h6-12,15H,1-5H3,(H,23,26)(H,24,25)/b22-11+/t15-/m0/s1. The topological polar surface area (TPSA) is 106 Å². The van der Waals surface area contributed by atoms with Crippen molar-refractivity contribution in [3.63, 3.8) is 0 Å². The number of hydrazone groups is 1. The average molecular weight is 371 g/mol. The van der Waals surface area contributed by atoms with Gasteiger partial charge in [0.1, 0.15) is 11.6 Å². The van der Waals surface area contributed by atoms with Gasteiger partial charge in [-0.2, -0.15) is 5.10 Å². The number of fused-ring (bicyclic) bond motifs is 1. The summed E-state index contributed by atoms with van der Waals surface area (Å²) in [5.41, 5.74) is 3.96. The first-order chi connectivity index (χ1) is 12.7. The largest absolute Gasteiger partial charge is 0.444 e. The molecule has 0 radical (unpaired) electrons. The summed E-state index contributed by atoms with van der Waals surface area (Å²) in [7, 11) is 0. The molecule has 2 rings (SSSR count). The maximum absolute atomic E-state index is 12.4. The molecule has 0 aliphatic heterocycles.